The summed E-state index contributed by atoms with van der Waals surface area (Å²) in [5.74, 6) is 0. The largest absolute Gasteiger partial charge is 0.429 e. The van der Waals surface area contributed by atoms with E-state index in [1.165, 1.54) is 6.92 Å². The first-order valence-corrected chi connectivity index (χ1v) is 4.87. The zero-order valence-corrected chi connectivity index (χ0v) is 7.34. The van der Waals surface area contributed by atoms with Crippen LogP contribution < -0.4 is 0 Å². The molecule has 0 saturated carbocycles. The summed E-state index contributed by atoms with van der Waals surface area (Å²) >= 11 is 0. The summed E-state index contributed by atoms with van der Waals surface area (Å²) in [4.78, 5) is 0. The fourth-order valence-electron chi connectivity index (χ4n) is 0.405. The van der Waals surface area contributed by atoms with Crippen molar-refractivity contribution >= 4 is 7.60 Å². The average molecular weight is 198 g/mol. The van der Waals surface area contributed by atoms with Crippen molar-refractivity contribution in [1.82, 2.24) is 0 Å². The topological polar surface area (TPSA) is 35.5 Å². The van der Waals surface area contributed by atoms with Crippen LogP contribution in [0.15, 0.2) is 25.2 Å². The van der Waals surface area contributed by atoms with Crippen molar-refractivity contribution in [3.8, 4) is 0 Å². The lowest BCUT2D eigenvalue weighted by atomic mass is 11.0. The quantitative estimate of drug-likeness (QED) is 0.502. The molecule has 0 aromatic heterocycles. The molecule has 70 valence electrons. The molecule has 0 fully saturated rings. The van der Waals surface area contributed by atoms with Crippen LogP contribution in [-0.4, -0.2) is 6.16 Å². The van der Waals surface area contributed by atoms with Crippen molar-refractivity contribution in [2.24, 2.45) is 0 Å². The Morgan fingerprint density at radius 1 is 1.25 bits per heavy atom. The first-order valence-electron chi connectivity index (χ1n) is 3.15. The second-order valence-electron chi connectivity index (χ2n) is 1.66. The van der Waals surface area contributed by atoms with Crippen LogP contribution >= 0.6 is 7.60 Å². The lowest BCUT2D eigenvalue weighted by Crippen LogP contribution is -1.88. The highest BCUT2D eigenvalue weighted by Crippen LogP contribution is 2.48. The minimum absolute atomic E-state index is 0.0294. The van der Waals surface area contributed by atoms with Gasteiger partial charge in [0.1, 0.15) is 25.2 Å². The molecule has 0 bridgehead atoms. The van der Waals surface area contributed by atoms with Crippen molar-refractivity contribution in [1.29, 1.82) is 0 Å². The van der Waals surface area contributed by atoms with Gasteiger partial charge in [-0.25, -0.2) is 13.3 Å². The fourth-order valence-corrected chi connectivity index (χ4v) is 1.22. The van der Waals surface area contributed by atoms with Gasteiger partial charge in [-0.15, -0.1) is 0 Å². The summed E-state index contributed by atoms with van der Waals surface area (Å²) in [6.07, 6.45) is 1.37. The van der Waals surface area contributed by atoms with E-state index in [1.54, 1.807) is 0 Å². The van der Waals surface area contributed by atoms with Gasteiger partial charge in [-0.05, 0) is 0 Å². The van der Waals surface area contributed by atoms with Crippen LogP contribution in [0, 0.1) is 0 Å². The van der Waals surface area contributed by atoms with E-state index in [1.807, 2.05) is 0 Å². The van der Waals surface area contributed by atoms with Gasteiger partial charge in [-0.1, -0.05) is 6.92 Å². The molecule has 0 rings (SSSR count). The number of hydrogen-bond acceptors (Lipinski definition) is 3. The first kappa shape index (κ1) is 11.2. The molecule has 0 unspecified atom stereocenters. The van der Waals surface area contributed by atoms with Crippen molar-refractivity contribution in [3.63, 3.8) is 0 Å². The normalized spacial score (nSPS) is 12.6. The summed E-state index contributed by atoms with van der Waals surface area (Å²) in [5, 5.41) is 0. The van der Waals surface area contributed by atoms with E-state index >= 15 is 0 Å². The molecule has 6 heteroatoms. The molecule has 0 aliphatic carbocycles. The molecule has 0 aliphatic rings. The van der Waals surface area contributed by atoms with E-state index in [4.69, 9.17) is 0 Å². The van der Waals surface area contributed by atoms with Crippen LogP contribution in [0.2, 0.25) is 0 Å². The Balaban J connectivity index is 4.14. The smallest absolute Gasteiger partial charge is 0.422 e. The van der Waals surface area contributed by atoms with Gasteiger partial charge in [0.15, 0.2) is 0 Å². The second kappa shape index (κ2) is 5.77. The maximum absolute atomic E-state index is 11.4. The minimum Gasteiger partial charge on any atom is -0.422 e. The number of rotatable bonds is 5. The molecule has 0 atom stereocenters. The molecule has 0 aromatic rings. The Hall–Kier alpha value is -0.830. The molecule has 3 nitrogen and oxygen atoms in total. The highest BCUT2D eigenvalue weighted by Gasteiger charge is 2.20. The maximum Gasteiger partial charge on any atom is 0.429 e. The van der Waals surface area contributed by atoms with E-state index in [9.17, 15) is 13.3 Å². The molecule has 0 aromatic carbocycles. The molecule has 0 amide bonds. The van der Waals surface area contributed by atoms with Crippen molar-refractivity contribution in [2.45, 2.75) is 6.92 Å². The Kier molecular flexibility index (Phi) is 5.37. The molecular weight excluding hydrogens is 189 g/mol. The van der Waals surface area contributed by atoms with Gasteiger partial charge in [-0.3, -0.25) is 0 Å². The standard InChI is InChI=1S/C6H9F2O3P/c1-2-12(9,10-5-3-7)11-6-4-8/h3-6H,2H2,1H3/b5-3+,6-4+. The fraction of sp³-hybridized carbons (Fsp3) is 0.333. The SMILES string of the molecule is CCP(=O)(O/C=C/F)O/C=C/F. The van der Waals surface area contributed by atoms with E-state index < -0.39 is 7.60 Å². The van der Waals surface area contributed by atoms with Gasteiger partial charge in [0.05, 0.1) is 6.16 Å². The zero-order chi connectivity index (χ0) is 9.45. The average Bonchev–Trinajstić information content (AvgIpc) is 2.11. The summed E-state index contributed by atoms with van der Waals surface area (Å²) in [7, 11) is -3.39. The lowest BCUT2D eigenvalue weighted by molar-refractivity contribution is 0.322. The third-order valence-electron chi connectivity index (χ3n) is 0.933. The van der Waals surface area contributed by atoms with E-state index in [-0.39, 0.29) is 18.8 Å². The van der Waals surface area contributed by atoms with Crippen LogP contribution in [-0.2, 0) is 13.6 Å². The van der Waals surface area contributed by atoms with Gasteiger partial charge in [0.25, 0.3) is 0 Å². The summed E-state index contributed by atoms with van der Waals surface area (Å²) in [5.41, 5.74) is 0. The highest BCUT2D eigenvalue weighted by atomic mass is 31.2. The van der Waals surface area contributed by atoms with Gasteiger partial charge in [0, 0.05) is 0 Å². The molecule has 0 heterocycles. The third kappa shape index (κ3) is 4.13. The van der Waals surface area contributed by atoms with Crippen LogP contribution in [0.25, 0.3) is 0 Å². The van der Waals surface area contributed by atoms with Crippen LogP contribution in [0.3, 0.4) is 0 Å². The lowest BCUT2D eigenvalue weighted by Gasteiger charge is -2.12. The molecule has 0 spiro atoms. The Labute approximate surface area is 69.2 Å². The van der Waals surface area contributed by atoms with Crippen LogP contribution in [0.1, 0.15) is 6.92 Å². The van der Waals surface area contributed by atoms with E-state index in [0.29, 0.717) is 12.5 Å². The minimum atomic E-state index is -3.39. The molecule has 0 radical (unpaired) electrons. The van der Waals surface area contributed by atoms with Gasteiger partial charge < -0.3 is 9.05 Å². The molecular formula is C6H9F2O3P. The molecule has 0 saturated heterocycles. The van der Waals surface area contributed by atoms with Crippen LogP contribution in [0.5, 0.6) is 0 Å². The number of halogens is 2. The summed E-state index contributed by atoms with van der Waals surface area (Å²) in [6.45, 7) is 1.51. The maximum atomic E-state index is 11.4. The monoisotopic (exact) mass is 198 g/mol. The Morgan fingerprint density at radius 3 is 1.92 bits per heavy atom. The summed E-state index contributed by atoms with van der Waals surface area (Å²) in [6, 6.07) is 0. The van der Waals surface area contributed by atoms with E-state index in [2.05, 4.69) is 9.05 Å². The second-order valence-corrected chi connectivity index (χ2v) is 3.94. The molecule has 0 N–H and O–H groups in total. The number of hydrogen-bond donors (Lipinski definition) is 0. The highest BCUT2D eigenvalue weighted by molar-refractivity contribution is 7.53. The predicted molar refractivity (Wildman–Crippen MR) is 40.8 cm³/mol. The third-order valence-corrected chi connectivity index (χ3v) is 2.59. The van der Waals surface area contributed by atoms with Crippen molar-refractivity contribution < 1.29 is 22.4 Å². The van der Waals surface area contributed by atoms with Gasteiger partial charge in [-0.2, -0.15) is 0 Å². The van der Waals surface area contributed by atoms with Gasteiger partial charge in [0.2, 0.25) is 0 Å². The van der Waals surface area contributed by atoms with E-state index in [0.717, 1.165) is 0 Å². The van der Waals surface area contributed by atoms with Crippen LogP contribution in [0.4, 0.5) is 8.78 Å². The van der Waals surface area contributed by atoms with Crippen molar-refractivity contribution in [2.75, 3.05) is 6.16 Å². The first-order chi connectivity index (χ1) is 5.68. The van der Waals surface area contributed by atoms with Crippen molar-refractivity contribution in [3.05, 3.63) is 25.2 Å². The Bertz CT molecular complexity index is 197. The predicted octanol–water partition coefficient (Wildman–Crippen LogP) is 3.11. The summed E-state index contributed by atoms with van der Waals surface area (Å²) < 4.78 is 42.8. The molecule has 12 heavy (non-hydrogen) atoms. The molecule has 0 aliphatic heterocycles. The van der Waals surface area contributed by atoms with Gasteiger partial charge >= 0.3 is 7.60 Å². The Morgan fingerprint density at radius 2 is 1.67 bits per heavy atom. The zero-order valence-electron chi connectivity index (χ0n) is 6.44.